The molecule has 2 heterocycles. The molecule has 4 nitrogen and oxygen atoms in total. The van der Waals surface area contributed by atoms with Crippen molar-refractivity contribution in [3.63, 3.8) is 0 Å². The highest BCUT2D eigenvalue weighted by atomic mass is 16.3. The predicted molar refractivity (Wildman–Crippen MR) is 249 cm³/mol. The molecule has 0 fully saturated rings. The summed E-state index contributed by atoms with van der Waals surface area (Å²) < 4.78 is 46.5. The van der Waals surface area contributed by atoms with E-state index in [1.54, 1.807) is 6.07 Å². The minimum absolute atomic E-state index is 0.0671. The summed E-state index contributed by atoms with van der Waals surface area (Å²) >= 11 is 0. The topological polar surface area (TPSA) is 50.9 Å². The Morgan fingerprint density at radius 3 is 2.03 bits per heavy atom. The van der Waals surface area contributed by atoms with E-state index in [1.807, 2.05) is 137 Å². The van der Waals surface area contributed by atoms with Crippen LogP contribution in [-0.4, -0.2) is 19.6 Å². The molecule has 8 aromatic rings. The van der Waals surface area contributed by atoms with Crippen LogP contribution in [-0.2, 0) is 5.41 Å². The Hall–Kier alpha value is -6.26. The highest BCUT2D eigenvalue weighted by molar-refractivity contribution is 5.97. The largest absolute Gasteiger partial charge is 0.507 e. The molecular formula is C55H55N3O. The van der Waals surface area contributed by atoms with E-state index in [-0.39, 0.29) is 16.7 Å². The van der Waals surface area contributed by atoms with Crippen molar-refractivity contribution in [1.82, 2.24) is 14.5 Å². The fourth-order valence-electron chi connectivity index (χ4n) is 7.93. The lowest BCUT2D eigenvalue weighted by molar-refractivity contribution is 0.472. The lowest BCUT2D eigenvalue weighted by Gasteiger charge is -2.22. The van der Waals surface area contributed by atoms with Crippen molar-refractivity contribution in [2.75, 3.05) is 0 Å². The monoisotopic (exact) mass is 778 g/mol. The lowest BCUT2D eigenvalue weighted by Crippen LogP contribution is -2.11. The number of nitrogens with zero attached hydrogens (tertiary/aromatic N) is 3. The number of aromatic nitrogens is 3. The lowest BCUT2D eigenvalue weighted by atomic mass is 9.83. The Morgan fingerprint density at radius 2 is 1.34 bits per heavy atom. The number of imidazole rings is 1. The zero-order valence-electron chi connectivity index (χ0n) is 40.5. The van der Waals surface area contributed by atoms with Gasteiger partial charge in [-0.05, 0) is 148 Å². The quantitative estimate of drug-likeness (QED) is 0.167. The molecule has 0 bridgehead atoms. The molecular weight excluding hydrogens is 719 g/mol. The van der Waals surface area contributed by atoms with Crippen LogP contribution in [0.15, 0.2) is 134 Å². The molecule has 0 spiro atoms. The number of pyridine rings is 1. The van der Waals surface area contributed by atoms with E-state index in [9.17, 15) is 5.11 Å². The van der Waals surface area contributed by atoms with Crippen LogP contribution in [0.4, 0.5) is 0 Å². The molecule has 296 valence electrons. The number of para-hydroxylation sites is 1. The molecule has 0 saturated carbocycles. The van der Waals surface area contributed by atoms with Gasteiger partial charge < -0.3 is 5.11 Å². The molecule has 0 unspecified atom stereocenters. The first-order valence-corrected chi connectivity index (χ1v) is 20.3. The van der Waals surface area contributed by atoms with Gasteiger partial charge in [0, 0.05) is 24.2 Å². The average Bonchev–Trinajstić information content (AvgIpc) is 3.63. The van der Waals surface area contributed by atoms with Crippen LogP contribution in [0, 0.1) is 20.7 Å². The number of hydrogen-bond acceptors (Lipinski definition) is 3. The van der Waals surface area contributed by atoms with E-state index in [1.165, 1.54) is 0 Å². The summed E-state index contributed by atoms with van der Waals surface area (Å²) in [5.74, 6) is -1.42. The highest BCUT2D eigenvalue weighted by Crippen LogP contribution is 2.42. The van der Waals surface area contributed by atoms with Crippen LogP contribution in [0.3, 0.4) is 0 Å². The molecule has 0 aliphatic rings. The summed E-state index contributed by atoms with van der Waals surface area (Å²) in [7, 11) is 0. The highest BCUT2D eigenvalue weighted by Gasteiger charge is 2.24. The second-order valence-corrected chi connectivity index (χ2v) is 17.3. The Balaban J connectivity index is 1.40. The van der Waals surface area contributed by atoms with Gasteiger partial charge in [0.1, 0.15) is 11.6 Å². The van der Waals surface area contributed by atoms with Gasteiger partial charge in [-0.15, -0.1) is 0 Å². The van der Waals surface area contributed by atoms with E-state index in [0.717, 1.165) is 61.3 Å². The van der Waals surface area contributed by atoms with Crippen LogP contribution >= 0.6 is 0 Å². The number of benzene rings is 6. The molecule has 8 rings (SSSR count). The normalized spacial score (nSPS) is 13.7. The summed E-state index contributed by atoms with van der Waals surface area (Å²) in [4.78, 5) is 10.2. The summed E-state index contributed by atoms with van der Waals surface area (Å²) in [5.41, 5.74) is 13.4. The first-order valence-electron chi connectivity index (χ1n) is 22.8. The van der Waals surface area contributed by atoms with Crippen LogP contribution in [0.5, 0.6) is 5.75 Å². The number of aryl methyl sites for hydroxylation is 3. The van der Waals surface area contributed by atoms with Gasteiger partial charge in [-0.1, -0.05) is 127 Å². The Bertz CT molecular complexity index is 3040. The fourth-order valence-corrected chi connectivity index (χ4v) is 7.93. The average molecular weight is 779 g/mol. The maximum Gasteiger partial charge on any atom is 0.149 e. The molecule has 0 aliphatic heterocycles. The molecule has 0 radical (unpaired) electrons. The van der Waals surface area contributed by atoms with Crippen LogP contribution < -0.4 is 0 Å². The van der Waals surface area contributed by atoms with Gasteiger partial charge in [-0.3, -0.25) is 9.55 Å². The van der Waals surface area contributed by atoms with E-state index in [4.69, 9.17) is 16.8 Å². The van der Waals surface area contributed by atoms with Crippen LogP contribution in [0.25, 0.3) is 72.7 Å². The Labute approximate surface area is 357 Å². The van der Waals surface area contributed by atoms with Crippen molar-refractivity contribution in [2.24, 2.45) is 0 Å². The second-order valence-electron chi connectivity index (χ2n) is 17.3. The SMILES string of the molecule is [2H]C([2H])([2H])c1cc(-c2cc(C([2H])(C)C)cc(C([2H])(C)C)c2)ccc1-n1c(-c2cc(C)cc(C)c2O)nc2c(-c3cc(-c4cc(-c5ccccc5)ccn4)cc(C(C)(C)C)c3)cccc21. The number of aromatic hydroxyl groups is 1. The molecule has 59 heavy (non-hydrogen) atoms. The van der Waals surface area contributed by atoms with Crippen molar-refractivity contribution in [1.29, 1.82) is 0 Å². The molecule has 0 atom stereocenters. The van der Waals surface area contributed by atoms with Gasteiger partial charge in [-0.2, -0.15) is 0 Å². The zero-order valence-corrected chi connectivity index (χ0v) is 35.5. The Morgan fingerprint density at radius 1 is 0.627 bits per heavy atom. The van der Waals surface area contributed by atoms with Crippen molar-refractivity contribution >= 4 is 11.0 Å². The minimum Gasteiger partial charge on any atom is -0.507 e. The minimum atomic E-state index is -2.57. The summed E-state index contributed by atoms with van der Waals surface area (Å²) in [6, 6.07) is 41.9. The second kappa shape index (κ2) is 15.5. The van der Waals surface area contributed by atoms with Crippen molar-refractivity contribution in [3.05, 3.63) is 167 Å². The zero-order chi connectivity index (χ0) is 46.1. The molecule has 0 aliphatic carbocycles. The van der Waals surface area contributed by atoms with E-state index < -0.39 is 18.6 Å². The first-order chi connectivity index (χ1) is 30.0. The number of rotatable bonds is 8. The number of hydrogen-bond donors (Lipinski definition) is 1. The summed E-state index contributed by atoms with van der Waals surface area (Å²) in [6.07, 6.45) is 1.85. The summed E-state index contributed by atoms with van der Waals surface area (Å²) in [6.45, 7) is 15.1. The van der Waals surface area contributed by atoms with Crippen molar-refractivity contribution in [2.45, 2.75) is 86.4 Å². The van der Waals surface area contributed by atoms with Crippen molar-refractivity contribution < 1.29 is 12.0 Å². The molecule has 2 aromatic heterocycles. The van der Waals surface area contributed by atoms with Crippen molar-refractivity contribution in [3.8, 4) is 67.5 Å². The maximum absolute atomic E-state index is 11.8. The van der Waals surface area contributed by atoms with Crippen LogP contribution in [0.1, 0.15) is 100 Å². The third-order valence-electron chi connectivity index (χ3n) is 11.3. The fraction of sp³-hybridized carbons (Fsp3) is 0.236. The smallest absolute Gasteiger partial charge is 0.149 e. The van der Waals surface area contributed by atoms with E-state index in [2.05, 4.69) is 57.2 Å². The molecule has 4 heteroatoms. The number of fused-ring (bicyclic) bond motifs is 1. The molecule has 1 N–H and O–H groups in total. The van der Waals surface area contributed by atoms with Gasteiger partial charge in [0.05, 0.1) is 28.0 Å². The predicted octanol–water partition coefficient (Wildman–Crippen LogP) is 14.9. The van der Waals surface area contributed by atoms with Gasteiger partial charge >= 0.3 is 0 Å². The van der Waals surface area contributed by atoms with E-state index >= 15 is 0 Å². The van der Waals surface area contributed by atoms with Gasteiger partial charge in [-0.25, -0.2) is 4.98 Å². The summed E-state index contributed by atoms with van der Waals surface area (Å²) in [5, 5.41) is 11.8. The molecule has 0 saturated heterocycles. The Kier molecular flexibility index (Phi) is 8.84. The maximum atomic E-state index is 11.8. The van der Waals surface area contributed by atoms with Gasteiger partial charge in [0.15, 0.2) is 0 Å². The number of phenols is 1. The molecule has 0 amide bonds. The third-order valence-corrected chi connectivity index (χ3v) is 11.3. The molecule has 6 aromatic carbocycles. The van der Waals surface area contributed by atoms with Gasteiger partial charge in [0.25, 0.3) is 0 Å². The van der Waals surface area contributed by atoms with Crippen LogP contribution in [0.2, 0.25) is 0 Å². The number of phenolic OH excluding ortho intramolecular Hbond substituents is 1. The van der Waals surface area contributed by atoms with E-state index in [0.29, 0.717) is 39.2 Å². The third kappa shape index (κ3) is 7.72. The first kappa shape index (κ1) is 33.7. The van der Waals surface area contributed by atoms with Gasteiger partial charge in [0.2, 0.25) is 0 Å². The standard InChI is InChI=1S/C55H55N3O/c1-33(2)41-26-42(34(3)4)28-43(27-41)39-19-20-50(36(6)25-39)58-51-18-14-17-47(52(51)57-54(58)48-24-35(5)23-37(7)53(48)59)44-29-45(31-46(30-44)55(8,9)10)49-32-40(21-22-56-49)38-15-12-11-13-16-38/h11-34,59H,1-10H3/i6D3,33D,34D.